The summed E-state index contributed by atoms with van der Waals surface area (Å²) < 4.78 is 18.8. The monoisotopic (exact) mass is 277 g/mol. The number of nitrogens with zero attached hydrogens (tertiary/aromatic N) is 3. The van der Waals surface area contributed by atoms with Gasteiger partial charge in [-0.3, -0.25) is 4.90 Å². The third-order valence-electron chi connectivity index (χ3n) is 3.07. The normalized spacial score (nSPS) is 11.2. The molecular weight excluding hydrogens is 257 g/mol. The Morgan fingerprint density at radius 1 is 1.25 bits per heavy atom. The van der Waals surface area contributed by atoms with Gasteiger partial charge in [-0.15, -0.1) is 0 Å². The molecule has 1 aromatic heterocycles. The van der Waals surface area contributed by atoms with Crippen LogP contribution in [0.3, 0.4) is 0 Å². The lowest BCUT2D eigenvalue weighted by molar-refractivity contribution is 0.257. The van der Waals surface area contributed by atoms with Gasteiger partial charge in [0, 0.05) is 18.5 Å². The predicted octanol–water partition coefficient (Wildman–Crippen LogP) is 3.18. The van der Waals surface area contributed by atoms with E-state index in [-0.39, 0.29) is 5.82 Å². The van der Waals surface area contributed by atoms with Crippen molar-refractivity contribution in [1.29, 1.82) is 0 Å². The quantitative estimate of drug-likeness (QED) is 0.779. The molecule has 0 fully saturated rings. The number of rotatable bonds is 7. The Kier molecular flexibility index (Phi) is 5.24. The highest BCUT2D eigenvalue weighted by atomic mass is 19.1. The summed E-state index contributed by atoms with van der Waals surface area (Å²) in [5.41, 5.74) is 0.667. The maximum Gasteiger partial charge on any atom is 0.240 e. The highest BCUT2D eigenvalue weighted by molar-refractivity contribution is 5.17. The molecule has 0 aliphatic rings. The average Bonchev–Trinajstić information content (AvgIpc) is 2.86. The van der Waals surface area contributed by atoms with E-state index in [1.165, 1.54) is 6.07 Å². The molecule has 5 heteroatoms. The molecule has 0 N–H and O–H groups in total. The SMILES string of the molecule is CCCCc1noc(CN(C)Cc2ccccc2F)n1. The van der Waals surface area contributed by atoms with E-state index in [1.54, 1.807) is 12.1 Å². The molecule has 0 spiro atoms. The van der Waals surface area contributed by atoms with Crippen LogP contribution >= 0.6 is 0 Å². The van der Waals surface area contributed by atoms with E-state index in [0.29, 0.717) is 24.5 Å². The van der Waals surface area contributed by atoms with Crippen LogP contribution in [0.25, 0.3) is 0 Å². The van der Waals surface area contributed by atoms with Gasteiger partial charge >= 0.3 is 0 Å². The van der Waals surface area contributed by atoms with Crippen molar-refractivity contribution in [3.63, 3.8) is 0 Å². The Bertz CT molecular complexity index is 541. The van der Waals surface area contributed by atoms with Crippen LogP contribution in [0.5, 0.6) is 0 Å². The Morgan fingerprint density at radius 2 is 2.05 bits per heavy atom. The van der Waals surface area contributed by atoms with E-state index < -0.39 is 0 Å². The zero-order chi connectivity index (χ0) is 14.4. The van der Waals surface area contributed by atoms with E-state index in [1.807, 2.05) is 18.0 Å². The molecule has 0 aliphatic heterocycles. The van der Waals surface area contributed by atoms with Crippen molar-refractivity contribution in [1.82, 2.24) is 15.0 Å². The number of hydrogen-bond acceptors (Lipinski definition) is 4. The first-order valence-corrected chi connectivity index (χ1v) is 6.92. The molecule has 0 saturated heterocycles. The fourth-order valence-electron chi connectivity index (χ4n) is 2.00. The maximum atomic E-state index is 13.6. The number of aromatic nitrogens is 2. The number of aryl methyl sites for hydroxylation is 1. The minimum Gasteiger partial charge on any atom is -0.338 e. The standard InChI is InChI=1S/C15H20FN3O/c1-3-4-9-14-17-15(20-18-14)11-19(2)10-12-7-5-6-8-13(12)16/h5-8H,3-4,9-11H2,1-2H3. The molecule has 1 aromatic carbocycles. The first kappa shape index (κ1) is 14.7. The summed E-state index contributed by atoms with van der Waals surface area (Å²) in [4.78, 5) is 6.29. The molecule has 0 bridgehead atoms. The van der Waals surface area contributed by atoms with E-state index in [4.69, 9.17) is 4.52 Å². The molecule has 0 unspecified atom stereocenters. The van der Waals surface area contributed by atoms with Gasteiger partial charge in [0.05, 0.1) is 6.54 Å². The molecule has 2 rings (SSSR count). The van der Waals surface area contributed by atoms with Gasteiger partial charge in [0.1, 0.15) is 5.82 Å². The van der Waals surface area contributed by atoms with Crippen LogP contribution in [-0.2, 0) is 19.5 Å². The number of hydrogen-bond donors (Lipinski definition) is 0. The van der Waals surface area contributed by atoms with Gasteiger partial charge in [-0.05, 0) is 19.5 Å². The van der Waals surface area contributed by atoms with Gasteiger partial charge in [0.25, 0.3) is 0 Å². The van der Waals surface area contributed by atoms with Crippen LogP contribution in [0.1, 0.15) is 37.0 Å². The van der Waals surface area contributed by atoms with E-state index in [0.717, 1.165) is 25.1 Å². The summed E-state index contributed by atoms with van der Waals surface area (Å²) in [5.74, 6) is 1.14. The van der Waals surface area contributed by atoms with E-state index >= 15 is 0 Å². The highest BCUT2D eigenvalue weighted by Crippen LogP contribution is 2.11. The van der Waals surface area contributed by atoms with Gasteiger partial charge in [0.2, 0.25) is 5.89 Å². The van der Waals surface area contributed by atoms with Crippen molar-refractivity contribution in [2.75, 3.05) is 7.05 Å². The molecule has 0 aliphatic carbocycles. The lowest BCUT2D eigenvalue weighted by Crippen LogP contribution is -2.18. The third-order valence-corrected chi connectivity index (χ3v) is 3.07. The van der Waals surface area contributed by atoms with Crippen molar-refractivity contribution >= 4 is 0 Å². The minimum atomic E-state index is -0.187. The van der Waals surface area contributed by atoms with Crippen LogP contribution in [0.2, 0.25) is 0 Å². The molecule has 0 amide bonds. The van der Waals surface area contributed by atoms with Crippen LogP contribution < -0.4 is 0 Å². The first-order valence-electron chi connectivity index (χ1n) is 6.92. The van der Waals surface area contributed by atoms with Crippen molar-refractivity contribution in [2.45, 2.75) is 39.3 Å². The lowest BCUT2D eigenvalue weighted by atomic mass is 10.2. The smallest absolute Gasteiger partial charge is 0.240 e. The van der Waals surface area contributed by atoms with Crippen molar-refractivity contribution < 1.29 is 8.91 Å². The van der Waals surface area contributed by atoms with Crippen molar-refractivity contribution in [3.05, 3.63) is 47.4 Å². The molecule has 2 aromatic rings. The van der Waals surface area contributed by atoms with E-state index in [9.17, 15) is 4.39 Å². The van der Waals surface area contributed by atoms with Crippen molar-refractivity contribution in [3.8, 4) is 0 Å². The zero-order valence-electron chi connectivity index (χ0n) is 12.0. The fourth-order valence-corrected chi connectivity index (χ4v) is 2.00. The molecule has 20 heavy (non-hydrogen) atoms. The summed E-state index contributed by atoms with van der Waals surface area (Å²) in [7, 11) is 1.91. The molecule has 0 radical (unpaired) electrons. The Labute approximate surface area is 118 Å². The predicted molar refractivity (Wildman–Crippen MR) is 74.5 cm³/mol. The topological polar surface area (TPSA) is 42.2 Å². The number of halogens is 1. The van der Waals surface area contributed by atoms with Crippen LogP contribution in [0.4, 0.5) is 4.39 Å². The second-order valence-corrected chi connectivity index (χ2v) is 4.97. The molecule has 0 saturated carbocycles. The summed E-state index contributed by atoms with van der Waals surface area (Å²) in [6, 6.07) is 6.78. The summed E-state index contributed by atoms with van der Waals surface area (Å²) in [6.07, 6.45) is 3.01. The lowest BCUT2D eigenvalue weighted by Gasteiger charge is -2.14. The third kappa shape index (κ3) is 4.13. The number of unbranched alkanes of at least 4 members (excludes halogenated alkanes) is 1. The van der Waals surface area contributed by atoms with Crippen LogP contribution in [0.15, 0.2) is 28.8 Å². The molecule has 108 valence electrons. The van der Waals surface area contributed by atoms with Crippen LogP contribution in [-0.4, -0.2) is 22.1 Å². The second-order valence-electron chi connectivity index (χ2n) is 4.97. The molecule has 1 heterocycles. The van der Waals surface area contributed by atoms with Crippen molar-refractivity contribution in [2.24, 2.45) is 0 Å². The van der Waals surface area contributed by atoms with Crippen LogP contribution in [0, 0.1) is 5.82 Å². The summed E-state index contributed by atoms with van der Waals surface area (Å²) >= 11 is 0. The van der Waals surface area contributed by atoms with Gasteiger partial charge in [0.15, 0.2) is 5.82 Å². The second kappa shape index (κ2) is 7.14. The Balaban J connectivity index is 1.89. The number of benzene rings is 1. The fraction of sp³-hybridized carbons (Fsp3) is 0.467. The molecular formula is C15H20FN3O. The molecule has 0 atom stereocenters. The van der Waals surface area contributed by atoms with Gasteiger partial charge < -0.3 is 4.52 Å². The largest absolute Gasteiger partial charge is 0.338 e. The average molecular weight is 277 g/mol. The maximum absolute atomic E-state index is 13.6. The summed E-state index contributed by atoms with van der Waals surface area (Å²) in [6.45, 7) is 3.16. The highest BCUT2D eigenvalue weighted by Gasteiger charge is 2.10. The Morgan fingerprint density at radius 3 is 2.80 bits per heavy atom. The summed E-state index contributed by atoms with van der Waals surface area (Å²) in [5, 5.41) is 3.94. The van der Waals surface area contributed by atoms with Gasteiger partial charge in [-0.25, -0.2) is 4.39 Å². The zero-order valence-corrected chi connectivity index (χ0v) is 12.0. The van der Waals surface area contributed by atoms with Gasteiger partial charge in [-0.2, -0.15) is 4.98 Å². The first-order chi connectivity index (χ1) is 9.69. The molecule has 4 nitrogen and oxygen atoms in total. The minimum absolute atomic E-state index is 0.187. The van der Waals surface area contributed by atoms with Gasteiger partial charge in [-0.1, -0.05) is 36.7 Å². The van der Waals surface area contributed by atoms with E-state index in [2.05, 4.69) is 17.1 Å². The Hall–Kier alpha value is -1.75.